The molecule has 1 unspecified atom stereocenters. The molecule has 0 aromatic heterocycles. The fourth-order valence-electron chi connectivity index (χ4n) is 2.44. The van der Waals surface area contributed by atoms with E-state index >= 15 is 0 Å². The van der Waals surface area contributed by atoms with Crippen LogP contribution in [0.1, 0.15) is 19.3 Å². The van der Waals surface area contributed by atoms with Gasteiger partial charge in [0.2, 0.25) is 0 Å². The van der Waals surface area contributed by atoms with Gasteiger partial charge in [0, 0.05) is 23.6 Å². The van der Waals surface area contributed by atoms with Gasteiger partial charge >= 0.3 is 5.97 Å². The van der Waals surface area contributed by atoms with Crippen LogP contribution in [0, 0.1) is 5.92 Å². The zero-order valence-electron chi connectivity index (χ0n) is 11.5. The Labute approximate surface area is 131 Å². The monoisotopic (exact) mass is 315 g/mol. The second-order valence-corrected chi connectivity index (χ2v) is 6.17. The summed E-state index contributed by atoms with van der Waals surface area (Å²) in [6.07, 6.45) is 2.31. The van der Waals surface area contributed by atoms with E-state index in [0.717, 1.165) is 32.0 Å². The molecule has 0 amide bonds. The number of rotatable bonds is 7. The lowest BCUT2D eigenvalue weighted by Gasteiger charge is -2.15. The highest BCUT2D eigenvalue weighted by molar-refractivity contribution is 7.99. The van der Waals surface area contributed by atoms with Gasteiger partial charge in [-0.15, -0.1) is 24.2 Å². The van der Waals surface area contributed by atoms with E-state index in [9.17, 15) is 4.79 Å². The molecule has 0 saturated carbocycles. The summed E-state index contributed by atoms with van der Waals surface area (Å²) in [7, 11) is 0. The third kappa shape index (κ3) is 6.16. The van der Waals surface area contributed by atoms with E-state index in [1.165, 1.54) is 17.1 Å². The molecule has 2 rings (SSSR count). The second-order valence-electron chi connectivity index (χ2n) is 5.08. The minimum Gasteiger partial charge on any atom is -0.481 e. The average Bonchev–Trinajstić information content (AvgIpc) is 2.85. The lowest BCUT2D eigenvalue weighted by molar-refractivity contribution is -0.137. The molecule has 0 spiro atoms. The second kappa shape index (κ2) is 9.27. The van der Waals surface area contributed by atoms with E-state index in [-0.39, 0.29) is 12.4 Å². The Balaban J connectivity index is 0.00000200. The van der Waals surface area contributed by atoms with Crippen LogP contribution in [0.3, 0.4) is 0 Å². The molecule has 3 nitrogen and oxygen atoms in total. The number of thioether (sulfide) groups is 1. The molecule has 1 aliphatic heterocycles. The highest BCUT2D eigenvalue weighted by Crippen LogP contribution is 2.25. The van der Waals surface area contributed by atoms with Crippen molar-refractivity contribution in [3.05, 3.63) is 30.3 Å². The molecule has 5 heteroatoms. The summed E-state index contributed by atoms with van der Waals surface area (Å²) in [6, 6.07) is 10.5. The maximum atomic E-state index is 10.5. The number of likely N-dealkylation sites (tertiary alicyclic amines) is 1. The maximum Gasteiger partial charge on any atom is 0.303 e. The Bertz CT molecular complexity index is 402. The molecule has 0 radical (unpaired) electrons. The van der Waals surface area contributed by atoms with Crippen LogP contribution in [-0.2, 0) is 4.79 Å². The zero-order valence-corrected chi connectivity index (χ0v) is 13.2. The van der Waals surface area contributed by atoms with E-state index in [2.05, 4.69) is 29.2 Å². The fraction of sp³-hybridized carbons (Fsp3) is 0.533. The Morgan fingerprint density at radius 3 is 2.80 bits per heavy atom. The van der Waals surface area contributed by atoms with Gasteiger partial charge in [-0.25, -0.2) is 0 Å². The molecule has 1 aromatic carbocycles. The summed E-state index contributed by atoms with van der Waals surface area (Å²) >= 11 is 1.93. The van der Waals surface area contributed by atoms with E-state index in [1.54, 1.807) is 0 Å². The molecular weight excluding hydrogens is 294 g/mol. The summed E-state index contributed by atoms with van der Waals surface area (Å²) in [5.41, 5.74) is 0. The van der Waals surface area contributed by atoms with Crippen molar-refractivity contribution in [2.45, 2.75) is 24.2 Å². The molecular formula is C15H22ClNO2S. The number of hydrogen-bond acceptors (Lipinski definition) is 3. The number of halogens is 1. The molecule has 1 fully saturated rings. The number of hydrogen-bond donors (Lipinski definition) is 1. The van der Waals surface area contributed by atoms with Gasteiger partial charge in [-0.3, -0.25) is 4.79 Å². The number of carboxylic acid groups (broad SMARTS) is 1. The first-order chi connectivity index (χ1) is 9.24. The fourth-order valence-corrected chi connectivity index (χ4v) is 3.49. The lowest BCUT2D eigenvalue weighted by atomic mass is 10.2. The van der Waals surface area contributed by atoms with Crippen LogP contribution in [0.15, 0.2) is 35.2 Å². The largest absolute Gasteiger partial charge is 0.481 e. The number of nitrogens with zero attached hydrogens (tertiary/aromatic N) is 1. The van der Waals surface area contributed by atoms with Crippen LogP contribution in [-0.4, -0.2) is 41.4 Å². The summed E-state index contributed by atoms with van der Waals surface area (Å²) in [4.78, 5) is 14.2. The van der Waals surface area contributed by atoms with Crippen molar-refractivity contribution < 1.29 is 9.90 Å². The Kier molecular flexibility index (Phi) is 8.04. The standard InChI is InChI=1S/C15H21NO2S.ClH/c17-15(18)7-4-9-16-10-8-13(11-16)12-19-14-5-2-1-3-6-14;/h1-3,5-6,13H,4,7-12H2,(H,17,18);1H. The molecule has 0 bridgehead atoms. The van der Waals surface area contributed by atoms with Gasteiger partial charge in [-0.1, -0.05) is 18.2 Å². The third-order valence-electron chi connectivity index (χ3n) is 3.46. The van der Waals surface area contributed by atoms with Crippen molar-refractivity contribution in [3.63, 3.8) is 0 Å². The van der Waals surface area contributed by atoms with Crippen molar-refractivity contribution in [1.29, 1.82) is 0 Å². The molecule has 1 aromatic rings. The molecule has 1 aliphatic rings. The lowest BCUT2D eigenvalue weighted by Crippen LogP contribution is -2.22. The van der Waals surface area contributed by atoms with Gasteiger partial charge in [0.05, 0.1) is 0 Å². The molecule has 1 saturated heterocycles. The first-order valence-electron chi connectivity index (χ1n) is 6.86. The average molecular weight is 316 g/mol. The van der Waals surface area contributed by atoms with E-state index in [1.807, 2.05) is 17.8 Å². The van der Waals surface area contributed by atoms with Crippen LogP contribution < -0.4 is 0 Å². The summed E-state index contributed by atoms with van der Waals surface area (Å²) in [5.74, 6) is 1.23. The molecule has 1 N–H and O–H groups in total. The quantitative estimate of drug-likeness (QED) is 0.783. The normalized spacial score (nSPS) is 18.7. The summed E-state index contributed by atoms with van der Waals surface area (Å²) in [6.45, 7) is 3.18. The molecule has 0 aliphatic carbocycles. The SMILES string of the molecule is Cl.O=C(O)CCCN1CCC(CSc2ccccc2)C1. The highest BCUT2D eigenvalue weighted by atomic mass is 35.5. The van der Waals surface area contributed by atoms with Gasteiger partial charge in [0.25, 0.3) is 0 Å². The third-order valence-corrected chi connectivity index (χ3v) is 4.71. The van der Waals surface area contributed by atoms with Crippen molar-refractivity contribution >= 4 is 30.1 Å². The molecule has 1 atom stereocenters. The first kappa shape index (κ1) is 17.3. The Morgan fingerprint density at radius 2 is 2.10 bits per heavy atom. The predicted molar refractivity (Wildman–Crippen MR) is 85.8 cm³/mol. The van der Waals surface area contributed by atoms with Crippen LogP contribution >= 0.6 is 24.2 Å². The number of aliphatic carboxylic acids is 1. The van der Waals surface area contributed by atoms with Gasteiger partial charge < -0.3 is 10.0 Å². The van der Waals surface area contributed by atoms with Gasteiger partial charge in [-0.05, 0) is 44.0 Å². The van der Waals surface area contributed by atoms with Crippen molar-refractivity contribution in [2.24, 2.45) is 5.92 Å². The minimum atomic E-state index is -0.685. The summed E-state index contributed by atoms with van der Waals surface area (Å²) < 4.78 is 0. The summed E-state index contributed by atoms with van der Waals surface area (Å²) in [5, 5.41) is 8.63. The molecule has 20 heavy (non-hydrogen) atoms. The van der Waals surface area contributed by atoms with Crippen LogP contribution in [0.5, 0.6) is 0 Å². The van der Waals surface area contributed by atoms with Crippen LogP contribution in [0.2, 0.25) is 0 Å². The van der Waals surface area contributed by atoms with Crippen molar-refractivity contribution in [3.8, 4) is 0 Å². The maximum absolute atomic E-state index is 10.5. The Hall–Kier alpha value is -0.710. The van der Waals surface area contributed by atoms with Gasteiger partial charge in [-0.2, -0.15) is 0 Å². The molecule has 1 heterocycles. The van der Waals surface area contributed by atoms with Gasteiger partial charge in [0.1, 0.15) is 0 Å². The number of carbonyl (C=O) groups is 1. The first-order valence-corrected chi connectivity index (χ1v) is 7.84. The zero-order chi connectivity index (χ0) is 13.5. The van der Waals surface area contributed by atoms with Crippen LogP contribution in [0.25, 0.3) is 0 Å². The van der Waals surface area contributed by atoms with Crippen molar-refractivity contribution in [2.75, 3.05) is 25.4 Å². The predicted octanol–water partition coefficient (Wildman–Crippen LogP) is 3.39. The number of benzene rings is 1. The van der Waals surface area contributed by atoms with Crippen LogP contribution in [0.4, 0.5) is 0 Å². The minimum absolute atomic E-state index is 0. The van der Waals surface area contributed by atoms with E-state index in [4.69, 9.17) is 5.11 Å². The highest BCUT2D eigenvalue weighted by Gasteiger charge is 2.22. The van der Waals surface area contributed by atoms with E-state index < -0.39 is 5.97 Å². The Morgan fingerprint density at radius 1 is 1.35 bits per heavy atom. The van der Waals surface area contributed by atoms with Crippen molar-refractivity contribution in [1.82, 2.24) is 4.90 Å². The molecule has 112 valence electrons. The van der Waals surface area contributed by atoms with E-state index in [0.29, 0.717) is 6.42 Å². The van der Waals surface area contributed by atoms with Gasteiger partial charge in [0.15, 0.2) is 0 Å². The number of carboxylic acids is 1. The smallest absolute Gasteiger partial charge is 0.303 e. The topological polar surface area (TPSA) is 40.5 Å².